The molecule has 0 fully saturated rings. The molecule has 0 spiro atoms. The van der Waals surface area contributed by atoms with Crippen molar-refractivity contribution in [3.63, 3.8) is 0 Å². The minimum Gasteiger partial charge on any atom is -0.386 e. The van der Waals surface area contributed by atoms with Crippen LogP contribution in [0.25, 0.3) is 0 Å². The highest BCUT2D eigenvalue weighted by Crippen LogP contribution is 1.89. The summed E-state index contributed by atoms with van der Waals surface area (Å²) in [5, 5.41) is 10.3. The van der Waals surface area contributed by atoms with E-state index in [4.69, 9.17) is 5.41 Å². The summed E-state index contributed by atoms with van der Waals surface area (Å²) in [4.78, 5) is 0. The largest absolute Gasteiger partial charge is 0.386 e. The van der Waals surface area contributed by atoms with Crippen LogP contribution in [-0.2, 0) is 0 Å². The molecular formula is C8H16N2. The van der Waals surface area contributed by atoms with Crippen molar-refractivity contribution in [1.82, 2.24) is 5.32 Å². The van der Waals surface area contributed by atoms with Crippen molar-refractivity contribution in [2.24, 2.45) is 0 Å². The first-order chi connectivity index (χ1) is 4.52. The van der Waals surface area contributed by atoms with E-state index in [1.54, 1.807) is 6.92 Å². The molecule has 0 rings (SSSR count). The van der Waals surface area contributed by atoms with Crippen LogP contribution >= 0.6 is 0 Å². The maximum absolute atomic E-state index is 7.15. The Morgan fingerprint density at radius 3 is 2.20 bits per heavy atom. The Bertz CT molecular complexity index is 145. The summed E-state index contributed by atoms with van der Waals surface area (Å²) >= 11 is 0. The second-order valence-corrected chi connectivity index (χ2v) is 2.81. The van der Waals surface area contributed by atoms with Crippen molar-refractivity contribution in [2.45, 2.75) is 33.7 Å². The van der Waals surface area contributed by atoms with Gasteiger partial charge in [-0.2, -0.15) is 0 Å². The highest BCUT2D eigenvalue weighted by Gasteiger charge is 1.91. The lowest BCUT2D eigenvalue weighted by molar-refractivity contribution is 0.670. The molecule has 0 aliphatic carbocycles. The lowest BCUT2D eigenvalue weighted by atomic mass is 10.3. The highest BCUT2D eigenvalue weighted by molar-refractivity contribution is 5.90. The van der Waals surface area contributed by atoms with Gasteiger partial charge in [0.2, 0.25) is 0 Å². The Hall–Kier alpha value is -0.790. The van der Waals surface area contributed by atoms with Crippen molar-refractivity contribution < 1.29 is 0 Å². The second kappa shape index (κ2) is 4.09. The van der Waals surface area contributed by atoms with Gasteiger partial charge in [-0.3, -0.25) is 0 Å². The topological polar surface area (TPSA) is 35.9 Å². The van der Waals surface area contributed by atoms with Crippen molar-refractivity contribution in [3.8, 4) is 0 Å². The lowest BCUT2D eigenvalue weighted by Gasteiger charge is -2.08. The second-order valence-electron chi connectivity index (χ2n) is 2.81. The first-order valence-electron chi connectivity index (χ1n) is 3.52. The third-order valence-corrected chi connectivity index (χ3v) is 0.949. The molecular weight excluding hydrogens is 124 g/mol. The maximum atomic E-state index is 7.15. The molecule has 0 heterocycles. The minimum absolute atomic E-state index is 0.454. The summed E-state index contributed by atoms with van der Waals surface area (Å²) in [7, 11) is 0. The fraction of sp³-hybridized carbons (Fsp3) is 0.625. The Morgan fingerprint density at radius 1 is 1.40 bits per heavy atom. The zero-order chi connectivity index (χ0) is 8.15. The van der Waals surface area contributed by atoms with Gasteiger partial charge in [-0.15, -0.1) is 0 Å². The van der Waals surface area contributed by atoms with E-state index in [9.17, 15) is 0 Å². The highest BCUT2D eigenvalue weighted by atomic mass is 14.9. The minimum atomic E-state index is 0.454. The van der Waals surface area contributed by atoms with Crippen LogP contribution in [0.15, 0.2) is 11.8 Å². The van der Waals surface area contributed by atoms with Crippen LogP contribution in [0.4, 0.5) is 0 Å². The number of allylic oxidation sites excluding steroid dienone is 2. The third kappa shape index (κ3) is 5.35. The molecule has 10 heavy (non-hydrogen) atoms. The Balaban J connectivity index is 3.83. The summed E-state index contributed by atoms with van der Waals surface area (Å²) in [6, 6.07) is 0.454. The predicted molar refractivity (Wildman–Crippen MR) is 45.4 cm³/mol. The molecule has 0 unspecified atom stereocenters. The molecule has 0 bridgehead atoms. The van der Waals surface area contributed by atoms with E-state index in [0.717, 1.165) is 5.70 Å². The third-order valence-electron chi connectivity index (χ3n) is 0.949. The molecule has 0 saturated carbocycles. The molecule has 0 aromatic rings. The van der Waals surface area contributed by atoms with Crippen molar-refractivity contribution in [2.75, 3.05) is 0 Å². The molecule has 2 heteroatoms. The molecule has 0 aromatic heterocycles. The van der Waals surface area contributed by atoms with Crippen LogP contribution in [0.5, 0.6) is 0 Å². The Kier molecular flexibility index (Phi) is 3.77. The van der Waals surface area contributed by atoms with Gasteiger partial charge >= 0.3 is 0 Å². The molecule has 0 saturated heterocycles. The average Bonchev–Trinajstić information content (AvgIpc) is 1.58. The van der Waals surface area contributed by atoms with Crippen LogP contribution in [0.2, 0.25) is 0 Å². The smallest absolute Gasteiger partial charge is 0.0300 e. The molecule has 0 aromatic carbocycles. The van der Waals surface area contributed by atoms with Gasteiger partial charge in [0.25, 0.3) is 0 Å². The molecule has 58 valence electrons. The molecule has 0 amide bonds. The van der Waals surface area contributed by atoms with Gasteiger partial charge in [-0.05, 0) is 33.8 Å². The fourth-order valence-corrected chi connectivity index (χ4v) is 0.822. The van der Waals surface area contributed by atoms with E-state index < -0.39 is 0 Å². The van der Waals surface area contributed by atoms with Crippen molar-refractivity contribution in [3.05, 3.63) is 11.8 Å². The van der Waals surface area contributed by atoms with Gasteiger partial charge in [0.1, 0.15) is 0 Å². The van der Waals surface area contributed by atoms with Crippen LogP contribution in [0.1, 0.15) is 27.7 Å². The SMILES string of the molecule is CC(=N)/C=C(/C)NC(C)C. The monoisotopic (exact) mass is 140 g/mol. The summed E-state index contributed by atoms with van der Waals surface area (Å²) in [5.74, 6) is 0. The zero-order valence-corrected chi connectivity index (χ0v) is 7.15. The number of hydrogen-bond donors (Lipinski definition) is 2. The number of hydrogen-bond acceptors (Lipinski definition) is 2. The van der Waals surface area contributed by atoms with Crippen LogP contribution < -0.4 is 5.32 Å². The van der Waals surface area contributed by atoms with Crippen LogP contribution in [-0.4, -0.2) is 11.8 Å². The van der Waals surface area contributed by atoms with Crippen LogP contribution in [0.3, 0.4) is 0 Å². The summed E-state index contributed by atoms with van der Waals surface area (Å²) in [5.41, 5.74) is 1.65. The van der Waals surface area contributed by atoms with E-state index in [0.29, 0.717) is 11.8 Å². The predicted octanol–water partition coefficient (Wildman–Crippen LogP) is 1.93. The van der Waals surface area contributed by atoms with Crippen LogP contribution in [0, 0.1) is 5.41 Å². The molecule has 0 atom stereocenters. The van der Waals surface area contributed by atoms with Gasteiger partial charge in [0.15, 0.2) is 0 Å². The molecule has 0 radical (unpaired) electrons. The van der Waals surface area contributed by atoms with Gasteiger partial charge < -0.3 is 10.7 Å². The summed E-state index contributed by atoms with van der Waals surface area (Å²) in [6.45, 7) is 7.90. The van der Waals surface area contributed by atoms with Gasteiger partial charge in [-0.25, -0.2) is 0 Å². The van der Waals surface area contributed by atoms with E-state index in [1.807, 2.05) is 13.0 Å². The average molecular weight is 140 g/mol. The van der Waals surface area contributed by atoms with E-state index in [1.165, 1.54) is 0 Å². The first kappa shape index (κ1) is 9.21. The zero-order valence-electron chi connectivity index (χ0n) is 7.15. The van der Waals surface area contributed by atoms with Gasteiger partial charge in [-0.1, -0.05) is 0 Å². The summed E-state index contributed by atoms with van der Waals surface area (Å²) < 4.78 is 0. The van der Waals surface area contributed by atoms with Gasteiger partial charge in [0, 0.05) is 17.5 Å². The van der Waals surface area contributed by atoms with Crippen molar-refractivity contribution in [1.29, 1.82) is 5.41 Å². The maximum Gasteiger partial charge on any atom is 0.0300 e. The normalized spacial score (nSPS) is 11.9. The molecule has 2 nitrogen and oxygen atoms in total. The lowest BCUT2D eigenvalue weighted by Crippen LogP contribution is -2.20. The van der Waals surface area contributed by atoms with Gasteiger partial charge in [0.05, 0.1) is 0 Å². The fourth-order valence-electron chi connectivity index (χ4n) is 0.822. The van der Waals surface area contributed by atoms with E-state index >= 15 is 0 Å². The standard InChI is InChI=1S/C8H16N2/c1-6(2)10-8(4)5-7(3)9/h5-6,9-10H,1-4H3/b8-5-,9-7?. The summed E-state index contributed by atoms with van der Waals surface area (Å²) in [6.07, 6.45) is 1.82. The van der Waals surface area contributed by atoms with Crippen molar-refractivity contribution >= 4 is 5.71 Å². The molecule has 2 N–H and O–H groups in total. The number of nitrogens with one attached hydrogen (secondary N) is 2. The number of rotatable bonds is 3. The molecule has 0 aliphatic rings. The molecule has 0 aliphatic heterocycles. The Morgan fingerprint density at radius 2 is 1.90 bits per heavy atom. The van der Waals surface area contributed by atoms with E-state index in [-0.39, 0.29) is 0 Å². The quantitative estimate of drug-likeness (QED) is 0.577. The Labute approximate surface area is 62.8 Å². The van der Waals surface area contributed by atoms with E-state index in [2.05, 4.69) is 19.2 Å². The first-order valence-corrected chi connectivity index (χ1v) is 3.52.